The Labute approximate surface area is 101 Å². The van der Waals surface area contributed by atoms with Crippen molar-refractivity contribution < 1.29 is 5.48 Å². The summed E-state index contributed by atoms with van der Waals surface area (Å²) in [6.07, 6.45) is 4.67. The molecule has 1 heterocycles. The molecule has 3 rings (SSSR count). The van der Waals surface area contributed by atoms with Gasteiger partial charge in [-0.1, -0.05) is 18.6 Å². The van der Waals surface area contributed by atoms with Crippen LogP contribution in [-0.2, 0) is 0 Å². The van der Waals surface area contributed by atoms with Crippen molar-refractivity contribution in [2.75, 3.05) is 0 Å². The molecule has 0 bridgehead atoms. The van der Waals surface area contributed by atoms with Gasteiger partial charge in [0, 0.05) is 12.0 Å². The summed E-state index contributed by atoms with van der Waals surface area (Å²) < 4.78 is 0. The summed E-state index contributed by atoms with van der Waals surface area (Å²) in [6, 6.07) is 8.55. The van der Waals surface area contributed by atoms with Crippen molar-refractivity contribution in [3.63, 3.8) is 0 Å². The molecule has 0 unspecified atom stereocenters. The Balaban J connectivity index is 0.00000108. The number of rotatable bonds is 1. The van der Waals surface area contributed by atoms with Crippen LogP contribution in [0.25, 0.3) is 11.0 Å². The molecule has 2 aromatic rings. The van der Waals surface area contributed by atoms with Gasteiger partial charge in [0.15, 0.2) is 0 Å². The first-order valence-electron chi connectivity index (χ1n) is 6.03. The molecule has 1 aliphatic carbocycles. The first-order valence-corrected chi connectivity index (χ1v) is 6.03. The second-order valence-corrected chi connectivity index (χ2v) is 4.76. The number of imidazole rings is 1. The Kier molecular flexibility index (Phi) is 3.45. The van der Waals surface area contributed by atoms with Crippen LogP contribution in [0, 0.1) is 0 Å². The van der Waals surface area contributed by atoms with E-state index in [9.17, 15) is 0 Å². The SMILES string of the molecule is N[C@@H]1CCC[C@H](c2nc3ccccc3[nH]2)C1.O. The largest absolute Gasteiger partial charge is 0.412 e. The van der Waals surface area contributed by atoms with Crippen LogP contribution >= 0.6 is 0 Å². The number of para-hydroxylation sites is 2. The molecule has 5 N–H and O–H groups in total. The summed E-state index contributed by atoms with van der Waals surface area (Å²) in [5, 5.41) is 0. The van der Waals surface area contributed by atoms with Gasteiger partial charge in [0.25, 0.3) is 0 Å². The van der Waals surface area contributed by atoms with Crippen LogP contribution < -0.4 is 5.73 Å². The number of hydrogen-bond donors (Lipinski definition) is 2. The molecule has 0 aliphatic heterocycles. The molecule has 17 heavy (non-hydrogen) atoms. The maximum Gasteiger partial charge on any atom is 0.110 e. The second-order valence-electron chi connectivity index (χ2n) is 4.76. The number of nitrogens with zero attached hydrogens (tertiary/aromatic N) is 1. The number of nitrogens with two attached hydrogens (primary N) is 1. The summed E-state index contributed by atoms with van der Waals surface area (Å²) in [6.45, 7) is 0. The van der Waals surface area contributed by atoms with Crippen LogP contribution in [0.15, 0.2) is 24.3 Å². The number of hydrogen-bond acceptors (Lipinski definition) is 2. The lowest BCUT2D eigenvalue weighted by molar-refractivity contribution is 0.384. The van der Waals surface area contributed by atoms with Crippen LogP contribution in [0.5, 0.6) is 0 Å². The summed E-state index contributed by atoms with van der Waals surface area (Å²) in [5.41, 5.74) is 8.22. The minimum atomic E-state index is 0. The lowest BCUT2D eigenvalue weighted by Crippen LogP contribution is -2.27. The van der Waals surface area contributed by atoms with Gasteiger partial charge in [-0.3, -0.25) is 0 Å². The Morgan fingerprint density at radius 2 is 2.06 bits per heavy atom. The van der Waals surface area contributed by atoms with Crippen LogP contribution in [0.4, 0.5) is 0 Å². The normalized spacial score (nSPS) is 24.5. The van der Waals surface area contributed by atoms with Crippen LogP contribution in [0.1, 0.15) is 37.4 Å². The lowest BCUT2D eigenvalue weighted by atomic mass is 9.86. The molecule has 0 amide bonds. The van der Waals surface area contributed by atoms with Crippen molar-refractivity contribution in [1.82, 2.24) is 9.97 Å². The Morgan fingerprint density at radius 1 is 1.24 bits per heavy atom. The fourth-order valence-electron chi connectivity index (χ4n) is 2.64. The number of H-pyrrole nitrogens is 1. The third-order valence-corrected chi connectivity index (χ3v) is 3.51. The van der Waals surface area contributed by atoms with Gasteiger partial charge in [-0.2, -0.15) is 0 Å². The zero-order chi connectivity index (χ0) is 11.0. The first-order chi connectivity index (χ1) is 7.83. The first kappa shape index (κ1) is 12.1. The average Bonchev–Trinajstić information content (AvgIpc) is 2.72. The van der Waals surface area contributed by atoms with E-state index in [2.05, 4.69) is 22.1 Å². The van der Waals surface area contributed by atoms with E-state index in [0.717, 1.165) is 29.7 Å². The lowest BCUT2D eigenvalue weighted by Gasteiger charge is -2.24. The Bertz CT molecular complexity index is 461. The van der Waals surface area contributed by atoms with Crippen molar-refractivity contribution in [2.24, 2.45) is 5.73 Å². The molecule has 2 atom stereocenters. The molecule has 92 valence electrons. The molecule has 1 saturated carbocycles. The predicted molar refractivity (Wildman–Crippen MR) is 68.9 cm³/mol. The van der Waals surface area contributed by atoms with Gasteiger partial charge in [0.05, 0.1) is 11.0 Å². The van der Waals surface area contributed by atoms with E-state index in [-0.39, 0.29) is 5.48 Å². The van der Waals surface area contributed by atoms with E-state index in [4.69, 9.17) is 5.73 Å². The van der Waals surface area contributed by atoms with Crippen molar-refractivity contribution >= 4 is 11.0 Å². The highest BCUT2D eigenvalue weighted by molar-refractivity contribution is 5.74. The molecule has 0 spiro atoms. The quantitative estimate of drug-likeness (QED) is 0.785. The second kappa shape index (κ2) is 4.85. The van der Waals surface area contributed by atoms with Gasteiger partial charge < -0.3 is 16.2 Å². The Morgan fingerprint density at radius 3 is 2.82 bits per heavy atom. The maximum atomic E-state index is 6.02. The molecule has 1 aliphatic rings. The zero-order valence-electron chi connectivity index (χ0n) is 9.82. The highest BCUT2D eigenvalue weighted by Gasteiger charge is 2.23. The summed E-state index contributed by atoms with van der Waals surface area (Å²) >= 11 is 0. The monoisotopic (exact) mass is 233 g/mol. The predicted octanol–water partition coefficient (Wildman–Crippen LogP) is 1.72. The van der Waals surface area contributed by atoms with Gasteiger partial charge >= 0.3 is 0 Å². The molecular weight excluding hydrogens is 214 g/mol. The minimum Gasteiger partial charge on any atom is -0.412 e. The number of benzene rings is 1. The summed E-state index contributed by atoms with van der Waals surface area (Å²) in [7, 11) is 0. The fourth-order valence-corrected chi connectivity index (χ4v) is 2.64. The van der Waals surface area contributed by atoms with Gasteiger partial charge in [0.1, 0.15) is 5.82 Å². The van der Waals surface area contributed by atoms with Gasteiger partial charge in [0.2, 0.25) is 0 Å². The zero-order valence-corrected chi connectivity index (χ0v) is 9.82. The average molecular weight is 233 g/mol. The molecule has 1 aromatic heterocycles. The van der Waals surface area contributed by atoms with E-state index in [1.165, 1.54) is 12.8 Å². The van der Waals surface area contributed by atoms with E-state index >= 15 is 0 Å². The van der Waals surface area contributed by atoms with Crippen LogP contribution in [0.2, 0.25) is 0 Å². The van der Waals surface area contributed by atoms with Gasteiger partial charge in [-0.15, -0.1) is 0 Å². The van der Waals surface area contributed by atoms with Crippen LogP contribution in [0.3, 0.4) is 0 Å². The molecule has 0 radical (unpaired) electrons. The Hall–Kier alpha value is -1.39. The number of aromatic amines is 1. The molecule has 1 aromatic carbocycles. The third kappa shape index (κ3) is 2.33. The smallest absolute Gasteiger partial charge is 0.110 e. The van der Waals surface area contributed by atoms with Crippen LogP contribution in [-0.4, -0.2) is 21.5 Å². The standard InChI is InChI=1S/C13H17N3.H2O/c14-10-5-3-4-9(8-10)13-15-11-6-1-2-7-12(11)16-13;/h1-2,6-7,9-10H,3-5,8,14H2,(H,15,16);1H2/t9-,10+;/m0./s1. The van der Waals surface area contributed by atoms with E-state index < -0.39 is 0 Å². The van der Waals surface area contributed by atoms with Crippen molar-refractivity contribution in [2.45, 2.75) is 37.6 Å². The van der Waals surface area contributed by atoms with Crippen molar-refractivity contribution in [3.8, 4) is 0 Å². The molecular formula is C13H19N3O. The fraction of sp³-hybridized carbons (Fsp3) is 0.462. The molecule has 0 saturated heterocycles. The topological polar surface area (TPSA) is 86.2 Å². The number of nitrogens with one attached hydrogen (secondary N) is 1. The summed E-state index contributed by atoms with van der Waals surface area (Å²) in [5.74, 6) is 1.65. The molecule has 1 fully saturated rings. The van der Waals surface area contributed by atoms with E-state index in [1.807, 2.05) is 12.1 Å². The summed E-state index contributed by atoms with van der Waals surface area (Å²) in [4.78, 5) is 8.08. The number of fused-ring (bicyclic) bond motifs is 1. The third-order valence-electron chi connectivity index (χ3n) is 3.51. The highest BCUT2D eigenvalue weighted by Crippen LogP contribution is 2.31. The van der Waals surface area contributed by atoms with E-state index in [1.54, 1.807) is 0 Å². The maximum absolute atomic E-state index is 6.02. The van der Waals surface area contributed by atoms with E-state index in [0.29, 0.717) is 12.0 Å². The highest BCUT2D eigenvalue weighted by atomic mass is 16.0. The minimum absolute atomic E-state index is 0. The molecule has 4 heteroatoms. The number of aromatic nitrogens is 2. The van der Waals surface area contributed by atoms with Crippen molar-refractivity contribution in [1.29, 1.82) is 0 Å². The van der Waals surface area contributed by atoms with Gasteiger partial charge in [-0.05, 0) is 31.4 Å². The molecule has 4 nitrogen and oxygen atoms in total. The van der Waals surface area contributed by atoms with Crippen molar-refractivity contribution in [3.05, 3.63) is 30.1 Å². The van der Waals surface area contributed by atoms with Gasteiger partial charge in [-0.25, -0.2) is 4.98 Å².